The monoisotopic (exact) mass is 374 g/mol. The number of halogens is 1. The molecule has 9 heteroatoms. The summed E-state index contributed by atoms with van der Waals surface area (Å²) in [4.78, 5) is 12.1. The molecule has 3 aromatic rings. The third-order valence-corrected chi connectivity index (χ3v) is 4.25. The number of amides is 1. The van der Waals surface area contributed by atoms with Crippen LogP contribution in [0.1, 0.15) is 11.3 Å². The Balaban J connectivity index is 1.62. The molecule has 0 spiro atoms. The van der Waals surface area contributed by atoms with E-state index in [4.69, 9.17) is 25.7 Å². The summed E-state index contributed by atoms with van der Waals surface area (Å²) in [5.41, 5.74) is 1.40. The number of hydrogen-bond donors (Lipinski definition) is 1. The van der Waals surface area contributed by atoms with Gasteiger partial charge in [0.25, 0.3) is 11.1 Å². The number of nitrogens with one attached hydrogen (secondary N) is 1. The molecule has 2 aromatic heterocycles. The van der Waals surface area contributed by atoms with Gasteiger partial charge in [-0.25, -0.2) is 0 Å². The summed E-state index contributed by atoms with van der Waals surface area (Å²) in [6, 6.07) is 8.38. The van der Waals surface area contributed by atoms with Crippen molar-refractivity contribution in [2.24, 2.45) is 0 Å². The fraction of sp³-hybridized carbons (Fsp3) is 0.125. The van der Waals surface area contributed by atoms with Gasteiger partial charge < -0.3 is 14.2 Å². The van der Waals surface area contributed by atoms with E-state index in [1.807, 2.05) is 6.07 Å². The first-order valence-electron chi connectivity index (χ1n) is 7.07. The Morgan fingerprint density at radius 1 is 1.40 bits per heavy atom. The molecule has 1 amide bonds. The number of nitriles is 1. The number of anilines is 1. The summed E-state index contributed by atoms with van der Waals surface area (Å²) >= 11 is 6.98. The van der Waals surface area contributed by atoms with Crippen LogP contribution < -0.4 is 5.32 Å². The minimum atomic E-state index is -0.317. The van der Waals surface area contributed by atoms with E-state index in [1.54, 1.807) is 25.1 Å². The molecule has 0 fully saturated rings. The van der Waals surface area contributed by atoms with Crippen LogP contribution in [-0.4, -0.2) is 21.9 Å². The van der Waals surface area contributed by atoms with E-state index in [9.17, 15) is 4.79 Å². The van der Waals surface area contributed by atoms with Crippen LogP contribution in [0, 0.1) is 18.3 Å². The number of thioether (sulfide) groups is 1. The smallest absolute Gasteiger partial charge is 0.277 e. The molecule has 7 nitrogen and oxygen atoms in total. The van der Waals surface area contributed by atoms with Crippen LogP contribution in [0.4, 0.5) is 5.69 Å². The van der Waals surface area contributed by atoms with Gasteiger partial charge in [-0.15, -0.1) is 10.2 Å². The Kier molecular flexibility index (Phi) is 5.07. The number of aryl methyl sites for hydroxylation is 1. The zero-order valence-electron chi connectivity index (χ0n) is 12.9. The van der Waals surface area contributed by atoms with Crippen LogP contribution in [0.25, 0.3) is 11.5 Å². The number of benzene rings is 1. The summed E-state index contributed by atoms with van der Waals surface area (Å²) < 4.78 is 10.7. The second-order valence-corrected chi connectivity index (χ2v) is 6.27. The fourth-order valence-corrected chi connectivity index (χ4v) is 2.75. The van der Waals surface area contributed by atoms with E-state index >= 15 is 0 Å². The molecule has 0 bridgehead atoms. The van der Waals surface area contributed by atoms with Crippen LogP contribution >= 0.6 is 23.4 Å². The first kappa shape index (κ1) is 17.1. The molecule has 0 aliphatic heterocycles. The molecule has 126 valence electrons. The van der Waals surface area contributed by atoms with Crippen LogP contribution in [0.3, 0.4) is 0 Å². The fourth-order valence-electron chi connectivity index (χ4n) is 2.01. The molecule has 0 atom stereocenters. The zero-order chi connectivity index (χ0) is 17.8. The molecule has 2 heterocycles. The standard InChI is InChI=1S/C16H11ClN4O3S/c1-9-12(4-5-23-9)15-20-21-16(24-15)25-8-14(22)19-13-6-11(17)3-2-10(13)7-18/h2-6H,8H2,1H3,(H,19,22). The first-order valence-corrected chi connectivity index (χ1v) is 8.43. The van der Waals surface area contributed by atoms with Gasteiger partial charge in [-0.1, -0.05) is 23.4 Å². The highest BCUT2D eigenvalue weighted by Crippen LogP contribution is 2.26. The van der Waals surface area contributed by atoms with Gasteiger partial charge in [0, 0.05) is 5.02 Å². The first-order chi connectivity index (χ1) is 12.1. The van der Waals surface area contributed by atoms with Gasteiger partial charge in [-0.2, -0.15) is 5.26 Å². The van der Waals surface area contributed by atoms with Crippen molar-refractivity contribution in [1.82, 2.24) is 10.2 Å². The Bertz CT molecular complexity index is 960. The van der Waals surface area contributed by atoms with Crippen LogP contribution in [0.15, 0.2) is 44.6 Å². The molecule has 0 saturated heterocycles. The number of carbonyl (C=O) groups is 1. The summed E-state index contributed by atoms with van der Waals surface area (Å²) in [7, 11) is 0. The van der Waals surface area contributed by atoms with Gasteiger partial charge in [0.1, 0.15) is 11.8 Å². The topological polar surface area (TPSA) is 105 Å². The number of nitrogens with zero attached hydrogens (tertiary/aromatic N) is 3. The third kappa shape index (κ3) is 4.02. The van der Waals surface area contributed by atoms with E-state index in [0.29, 0.717) is 33.5 Å². The van der Waals surface area contributed by atoms with E-state index < -0.39 is 0 Å². The Labute approximate surface area is 152 Å². The minimum Gasteiger partial charge on any atom is -0.469 e. The molecule has 25 heavy (non-hydrogen) atoms. The highest BCUT2D eigenvalue weighted by atomic mass is 35.5. The lowest BCUT2D eigenvalue weighted by Crippen LogP contribution is -2.15. The van der Waals surface area contributed by atoms with Gasteiger partial charge in [0.05, 0.1) is 28.8 Å². The largest absolute Gasteiger partial charge is 0.469 e. The zero-order valence-corrected chi connectivity index (χ0v) is 14.5. The Hall–Kier alpha value is -2.76. The number of rotatable bonds is 5. The molecule has 0 saturated carbocycles. The van der Waals surface area contributed by atoms with Crippen molar-refractivity contribution in [2.45, 2.75) is 12.1 Å². The van der Waals surface area contributed by atoms with Crippen molar-refractivity contribution in [3.05, 3.63) is 46.9 Å². The second-order valence-electron chi connectivity index (χ2n) is 4.90. The normalized spacial score (nSPS) is 10.4. The molecular weight excluding hydrogens is 364 g/mol. The van der Waals surface area contributed by atoms with E-state index in [0.717, 1.165) is 11.8 Å². The lowest BCUT2D eigenvalue weighted by atomic mass is 10.2. The molecule has 0 radical (unpaired) electrons. The van der Waals surface area contributed by atoms with E-state index in [2.05, 4.69) is 15.5 Å². The Morgan fingerprint density at radius 2 is 2.24 bits per heavy atom. The van der Waals surface area contributed by atoms with Crippen molar-refractivity contribution in [3.63, 3.8) is 0 Å². The van der Waals surface area contributed by atoms with Crippen LogP contribution in [0.2, 0.25) is 5.02 Å². The van der Waals surface area contributed by atoms with Gasteiger partial charge in [0.2, 0.25) is 5.91 Å². The Morgan fingerprint density at radius 3 is 2.96 bits per heavy atom. The predicted octanol–water partition coefficient (Wildman–Crippen LogP) is 3.89. The van der Waals surface area contributed by atoms with E-state index in [-0.39, 0.29) is 16.9 Å². The summed E-state index contributed by atoms with van der Waals surface area (Å²) in [6.07, 6.45) is 1.53. The quantitative estimate of drug-likeness (QED) is 0.675. The van der Waals surface area contributed by atoms with Crippen molar-refractivity contribution >= 4 is 35.0 Å². The molecule has 0 aliphatic carbocycles. The van der Waals surface area contributed by atoms with Crippen molar-refractivity contribution in [3.8, 4) is 17.5 Å². The van der Waals surface area contributed by atoms with Gasteiger partial charge in [-0.05, 0) is 31.2 Å². The number of furan rings is 1. The highest BCUT2D eigenvalue weighted by Gasteiger charge is 2.15. The predicted molar refractivity (Wildman–Crippen MR) is 92.3 cm³/mol. The van der Waals surface area contributed by atoms with Crippen LogP contribution in [-0.2, 0) is 4.79 Å². The number of aromatic nitrogens is 2. The lowest BCUT2D eigenvalue weighted by molar-refractivity contribution is -0.113. The lowest BCUT2D eigenvalue weighted by Gasteiger charge is -2.06. The van der Waals surface area contributed by atoms with Crippen LogP contribution in [0.5, 0.6) is 0 Å². The number of carbonyl (C=O) groups excluding carboxylic acids is 1. The molecular formula is C16H11ClN4O3S. The van der Waals surface area contributed by atoms with Crippen molar-refractivity contribution in [2.75, 3.05) is 11.1 Å². The maximum absolute atomic E-state index is 12.1. The van der Waals surface area contributed by atoms with E-state index in [1.165, 1.54) is 12.3 Å². The van der Waals surface area contributed by atoms with Gasteiger partial charge in [-0.3, -0.25) is 4.79 Å². The molecule has 1 aromatic carbocycles. The van der Waals surface area contributed by atoms with Gasteiger partial charge >= 0.3 is 0 Å². The highest BCUT2D eigenvalue weighted by molar-refractivity contribution is 7.99. The molecule has 0 unspecified atom stereocenters. The summed E-state index contributed by atoms with van der Waals surface area (Å²) in [5, 5.41) is 20.2. The summed E-state index contributed by atoms with van der Waals surface area (Å²) in [6.45, 7) is 1.79. The second kappa shape index (κ2) is 7.42. The van der Waals surface area contributed by atoms with Crippen molar-refractivity contribution in [1.29, 1.82) is 5.26 Å². The molecule has 0 aliphatic rings. The van der Waals surface area contributed by atoms with Crippen molar-refractivity contribution < 1.29 is 13.6 Å². The maximum atomic E-state index is 12.1. The SMILES string of the molecule is Cc1occc1-c1nnc(SCC(=O)Nc2cc(Cl)ccc2C#N)o1. The minimum absolute atomic E-state index is 0.0450. The molecule has 3 rings (SSSR count). The average molecular weight is 375 g/mol. The maximum Gasteiger partial charge on any atom is 0.277 e. The summed E-state index contributed by atoms with van der Waals surface area (Å²) in [5.74, 6) is 0.727. The third-order valence-electron chi connectivity index (χ3n) is 3.20. The van der Waals surface area contributed by atoms with Gasteiger partial charge in [0.15, 0.2) is 0 Å². The number of hydrogen-bond acceptors (Lipinski definition) is 7. The average Bonchev–Trinajstić information content (AvgIpc) is 3.21. The molecule has 1 N–H and O–H groups in total.